The molecule has 4 aromatic rings. The fourth-order valence-corrected chi connectivity index (χ4v) is 4.75. The molecule has 0 N–H and O–H groups in total. The highest BCUT2D eigenvalue weighted by Gasteiger charge is 2.24. The van der Waals surface area contributed by atoms with Crippen molar-refractivity contribution in [2.24, 2.45) is 7.05 Å². The van der Waals surface area contributed by atoms with E-state index in [-0.39, 0.29) is 0 Å². The molecule has 0 aliphatic carbocycles. The Balaban J connectivity index is 1.43. The zero-order valence-corrected chi connectivity index (χ0v) is 16.8. The predicted molar refractivity (Wildman–Crippen MR) is 113 cm³/mol. The number of hydrogen-bond acceptors (Lipinski definition) is 5. The van der Waals surface area contributed by atoms with Gasteiger partial charge in [0.25, 0.3) is 0 Å². The molecule has 5 heterocycles. The molecule has 0 aromatic carbocycles. The third-order valence-electron chi connectivity index (χ3n) is 5.66. The van der Waals surface area contributed by atoms with Gasteiger partial charge in [-0.2, -0.15) is 11.3 Å². The van der Waals surface area contributed by atoms with Crippen LogP contribution in [0.1, 0.15) is 30.0 Å². The van der Waals surface area contributed by atoms with Gasteiger partial charge in [0, 0.05) is 43.2 Å². The molecule has 1 aliphatic rings. The highest BCUT2D eigenvalue weighted by atomic mass is 32.1. The Labute approximate surface area is 168 Å². The number of aryl methyl sites for hydroxylation is 1. The van der Waals surface area contributed by atoms with Crippen molar-refractivity contribution >= 4 is 22.4 Å². The average molecular weight is 390 g/mol. The van der Waals surface area contributed by atoms with Crippen molar-refractivity contribution < 1.29 is 0 Å². The third-order valence-corrected chi connectivity index (χ3v) is 6.39. The molecule has 0 spiro atoms. The molecule has 1 saturated heterocycles. The van der Waals surface area contributed by atoms with Crippen LogP contribution in [0.5, 0.6) is 0 Å². The molecular formula is C22H23N5S. The Morgan fingerprint density at radius 3 is 2.86 bits per heavy atom. The quantitative estimate of drug-likeness (QED) is 0.517. The molecule has 28 heavy (non-hydrogen) atoms. The third kappa shape index (κ3) is 3.34. The van der Waals surface area contributed by atoms with Crippen molar-refractivity contribution in [2.75, 3.05) is 13.1 Å². The average Bonchev–Trinajstić information content (AvgIpc) is 3.39. The van der Waals surface area contributed by atoms with Crippen LogP contribution in [-0.2, 0) is 13.6 Å². The number of rotatable bonds is 4. The summed E-state index contributed by atoms with van der Waals surface area (Å²) < 4.78 is 2.09. The van der Waals surface area contributed by atoms with Gasteiger partial charge in [-0.1, -0.05) is 0 Å². The lowest BCUT2D eigenvalue weighted by atomic mass is 9.92. The smallest absolute Gasteiger partial charge is 0.115 e. The molecule has 6 heteroatoms. The fraction of sp³-hybridized carbons (Fsp3) is 0.318. The zero-order chi connectivity index (χ0) is 18.9. The molecule has 0 saturated carbocycles. The second-order valence-electron chi connectivity index (χ2n) is 7.54. The second-order valence-corrected chi connectivity index (χ2v) is 8.32. The van der Waals surface area contributed by atoms with Crippen LogP contribution in [0.2, 0.25) is 0 Å². The summed E-state index contributed by atoms with van der Waals surface area (Å²) in [5, 5.41) is 4.42. The number of pyridine rings is 2. The highest BCUT2D eigenvalue weighted by Crippen LogP contribution is 2.33. The summed E-state index contributed by atoms with van der Waals surface area (Å²) >= 11 is 1.78. The summed E-state index contributed by atoms with van der Waals surface area (Å²) in [6.07, 6.45) is 7.84. The summed E-state index contributed by atoms with van der Waals surface area (Å²) in [5.74, 6) is 0.494. The second kappa shape index (κ2) is 7.45. The van der Waals surface area contributed by atoms with E-state index in [1.165, 1.54) is 11.3 Å². The van der Waals surface area contributed by atoms with Crippen molar-refractivity contribution in [3.8, 4) is 11.3 Å². The van der Waals surface area contributed by atoms with Gasteiger partial charge in [0.2, 0.25) is 0 Å². The van der Waals surface area contributed by atoms with Gasteiger partial charge >= 0.3 is 0 Å². The van der Waals surface area contributed by atoms with Gasteiger partial charge in [0.1, 0.15) is 5.52 Å². The number of aromatic nitrogens is 4. The van der Waals surface area contributed by atoms with E-state index in [2.05, 4.69) is 55.4 Å². The Kier molecular flexibility index (Phi) is 4.66. The Hall–Kier alpha value is -2.57. The van der Waals surface area contributed by atoms with Crippen molar-refractivity contribution in [3.63, 3.8) is 0 Å². The lowest BCUT2D eigenvalue weighted by Gasteiger charge is -2.31. The van der Waals surface area contributed by atoms with Crippen molar-refractivity contribution in [2.45, 2.75) is 25.3 Å². The largest absolute Gasteiger partial charge is 0.334 e. The van der Waals surface area contributed by atoms with E-state index < -0.39 is 0 Å². The number of fused-ring (bicyclic) bond motifs is 1. The number of piperidine rings is 1. The molecule has 142 valence electrons. The Morgan fingerprint density at radius 1 is 1.21 bits per heavy atom. The SMILES string of the molecule is Cn1cnc2c(-c3cccnc3)nc(C3CCN(Cc4ccsc4)CC3)cc21. The number of imidazole rings is 1. The maximum absolute atomic E-state index is 5.08. The molecule has 1 aliphatic heterocycles. The van der Waals surface area contributed by atoms with Gasteiger partial charge in [-0.15, -0.1) is 0 Å². The number of thiophene rings is 1. The molecule has 5 rings (SSSR count). The first-order valence-corrected chi connectivity index (χ1v) is 10.7. The monoisotopic (exact) mass is 389 g/mol. The summed E-state index contributed by atoms with van der Waals surface area (Å²) in [5.41, 5.74) is 6.69. The predicted octanol–water partition coefficient (Wildman–Crippen LogP) is 4.47. The summed E-state index contributed by atoms with van der Waals surface area (Å²) in [6, 6.07) is 8.49. The van der Waals surface area contributed by atoms with Crippen LogP contribution in [0.15, 0.2) is 53.7 Å². The molecule has 0 unspecified atom stereocenters. The van der Waals surface area contributed by atoms with E-state index in [1.54, 1.807) is 17.5 Å². The van der Waals surface area contributed by atoms with Gasteiger partial charge in [-0.25, -0.2) is 4.98 Å². The molecule has 0 amide bonds. The van der Waals surface area contributed by atoms with E-state index in [0.717, 1.165) is 54.8 Å². The van der Waals surface area contributed by atoms with E-state index in [4.69, 9.17) is 4.98 Å². The standard InChI is InChI=1S/C22H23N5S/c1-26-15-24-22-20(26)11-19(25-21(22)18-3-2-7-23-12-18)17-4-8-27(9-5-17)13-16-6-10-28-14-16/h2-3,6-7,10-12,14-15,17H,4-5,8-9,13H2,1H3. The van der Waals surface area contributed by atoms with E-state index >= 15 is 0 Å². The first-order chi connectivity index (χ1) is 13.8. The van der Waals surface area contributed by atoms with Gasteiger partial charge in [-0.3, -0.25) is 14.9 Å². The fourth-order valence-electron chi connectivity index (χ4n) is 4.09. The molecule has 1 fully saturated rings. The van der Waals surface area contributed by atoms with Crippen LogP contribution in [0.3, 0.4) is 0 Å². The molecule has 0 bridgehead atoms. The Morgan fingerprint density at radius 2 is 2.11 bits per heavy atom. The molecule has 0 atom stereocenters. The van der Waals surface area contributed by atoms with Crippen LogP contribution < -0.4 is 0 Å². The lowest BCUT2D eigenvalue weighted by molar-refractivity contribution is 0.203. The zero-order valence-electron chi connectivity index (χ0n) is 16.0. The van der Waals surface area contributed by atoms with Crippen molar-refractivity contribution in [1.29, 1.82) is 0 Å². The summed E-state index contributed by atoms with van der Waals surface area (Å²) in [7, 11) is 2.05. The molecule has 0 radical (unpaired) electrons. The Bertz CT molecular complexity index is 1060. The van der Waals surface area contributed by atoms with Crippen molar-refractivity contribution in [1.82, 2.24) is 24.4 Å². The maximum Gasteiger partial charge on any atom is 0.115 e. The maximum atomic E-state index is 5.08. The molecule has 5 nitrogen and oxygen atoms in total. The molecule has 4 aromatic heterocycles. The lowest BCUT2D eigenvalue weighted by Crippen LogP contribution is -2.32. The van der Waals surface area contributed by atoms with Crippen LogP contribution >= 0.6 is 11.3 Å². The van der Waals surface area contributed by atoms with Crippen LogP contribution in [0.4, 0.5) is 0 Å². The van der Waals surface area contributed by atoms with Gasteiger partial charge in [0.15, 0.2) is 0 Å². The highest BCUT2D eigenvalue weighted by molar-refractivity contribution is 7.07. The van der Waals surface area contributed by atoms with Crippen molar-refractivity contribution in [3.05, 3.63) is 65.0 Å². The minimum Gasteiger partial charge on any atom is -0.334 e. The number of hydrogen-bond donors (Lipinski definition) is 0. The van der Waals surface area contributed by atoms with Gasteiger partial charge in [-0.05, 0) is 66.5 Å². The van der Waals surface area contributed by atoms with E-state index in [9.17, 15) is 0 Å². The minimum atomic E-state index is 0.494. The van der Waals surface area contributed by atoms with Gasteiger partial charge in [0.05, 0.1) is 17.5 Å². The first-order valence-electron chi connectivity index (χ1n) is 9.74. The number of nitrogens with zero attached hydrogens (tertiary/aromatic N) is 5. The topological polar surface area (TPSA) is 46.8 Å². The van der Waals surface area contributed by atoms with Crippen LogP contribution in [0.25, 0.3) is 22.3 Å². The first kappa shape index (κ1) is 17.5. The van der Waals surface area contributed by atoms with E-state index in [1.807, 2.05) is 18.6 Å². The molecular weight excluding hydrogens is 366 g/mol. The van der Waals surface area contributed by atoms with Gasteiger partial charge < -0.3 is 4.57 Å². The summed E-state index contributed by atoms with van der Waals surface area (Å²) in [6.45, 7) is 3.30. The normalized spacial score (nSPS) is 16.0. The van der Waals surface area contributed by atoms with Crippen LogP contribution in [0, 0.1) is 0 Å². The minimum absolute atomic E-state index is 0.494. The van der Waals surface area contributed by atoms with E-state index in [0.29, 0.717) is 5.92 Å². The number of likely N-dealkylation sites (tertiary alicyclic amines) is 1. The van der Waals surface area contributed by atoms with Crippen LogP contribution in [-0.4, -0.2) is 37.5 Å². The summed E-state index contributed by atoms with van der Waals surface area (Å²) in [4.78, 5) is 16.5.